The Labute approximate surface area is 149 Å². The van der Waals surface area contributed by atoms with Gasteiger partial charge in [-0.05, 0) is 30.5 Å². The Kier molecular flexibility index (Phi) is 3.91. The average molecular weight is 338 g/mol. The second-order valence-electron chi connectivity index (χ2n) is 7.89. The number of anilines is 1. The standard InChI is InChI=1S/C20H26N4O/c1-15(2)11-24-18-7-5-4-6-17(18)20(19(24)25)8-9-23(14-20)13-16-10-21-22(3)12-16/h4-7,10,12,15H,8-9,11,13-14H2,1-3H3/t20-/m0/s1. The predicted octanol–water partition coefficient (Wildman–Crippen LogP) is 2.57. The summed E-state index contributed by atoms with van der Waals surface area (Å²) >= 11 is 0. The first-order valence-corrected chi connectivity index (χ1v) is 9.11. The van der Waals surface area contributed by atoms with Crippen molar-refractivity contribution in [3.63, 3.8) is 0 Å². The fraction of sp³-hybridized carbons (Fsp3) is 0.500. The van der Waals surface area contributed by atoms with E-state index in [4.69, 9.17) is 0 Å². The minimum atomic E-state index is -0.367. The van der Waals surface area contributed by atoms with E-state index in [9.17, 15) is 4.79 Å². The van der Waals surface area contributed by atoms with Gasteiger partial charge in [-0.2, -0.15) is 5.10 Å². The molecule has 2 aromatic rings. The van der Waals surface area contributed by atoms with Gasteiger partial charge in [0, 0.05) is 44.1 Å². The van der Waals surface area contributed by atoms with Crippen LogP contribution < -0.4 is 4.90 Å². The number of likely N-dealkylation sites (tertiary alicyclic amines) is 1. The first-order valence-electron chi connectivity index (χ1n) is 9.11. The first kappa shape index (κ1) is 16.3. The summed E-state index contributed by atoms with van der Waals surface area (Å²) in [5, 5.41) is 4.26. The molecule has 2 aliphatic heterocycles. The maximum Gasteiger partial charge on any atom is 0.239 e. The summed E-state index contributed by atoms with van der Waals surface area (Å²) in [6, 6.07) is 8.37. The summed E-state index contributed by atoms with van der Waals surface area (Å²) in [5.74, 6) is 0.746. The highest BCUT2D eigenvalue weighted by molar-refractivity contribution is 6.08. The summed E-state index contributed by atoms with van der Waals surface area (Å²) in [5.41, 5.74) is 3.17. The van der Waals surface area contributed by atoms with E-state index in [0.29, 0.717) is 5.92 Å². The van der Waals surface area contributed by atoms with Gasteiger partial charge in [-0.25, -0.2) is 0 Å². The Bertz CT molecular complexity index is 796. The fourth-order valence-corrected chi connectivity index (χ4v) is 4.37. The Hall–Kier alpha value is -2.14. The van der Waals surface area contributed by atoms with Gasteiger partial charge in [0.15, 0.2) is 0 Å². The first-order chi connectivity index (χ1) is 12.0. The van der Waals surface area contributed by atoms with Crippen LogP contribution in [0.1, 0.15) is 31.4 Å². The lowest BCUT2D eigenvalue weighted by molar-refractivity contribution is -0.122. The van der Waals surface area contributed by atoms with Crippen molar-refractivity contribution in [1.82, 2.24) is 14.7 Å². The fourth-order valence-electron chi connectivity index (χ4n) is 4.37. The van der Waals surface area contributed by atoms with Crippen LogP contribution in [0.25, 0.3) is 0 Å². The molecule has 0 bridgehead atoms. The third-order valence-electron chi connectivity index (χ3n) is 5.43. The normalized spacial score (nSPS) is 23.2. The number of benzene rings is 1. The van der Waals surface area contributed by atoms with Crippen LogP contribution >= 0.6 is 0 Å². The molecule has 4 rings (SSSR count). The smallest absolute Gasteiger partial charge is 0.239 e. The maximum absolute atomic E-state index is 13.4. The highest BCUT2D eigenvalue weighted by Crippen LogP contribution is 2.47. The topological polar surface area (TPSA) is 41.4 Å². The zero-order chi connectivity index (χ0) is 17.6. The van der Waals surface area contributed by atoms with Gasteiger partial charge in [0.1, 0.15) is 0 Å². The summed E-state index contributed by atoms with van der Waals surface area (Å²) in [7, 11) is 1.94. The molecular weight excluding hydrogens is 312 g/mol. The number of para-hydroxylation sites is 1. The van der Waals surface area contributed by atoms with Gasteiger partial charge in [-0.3, -0.25) is 14.4 Å². The number of carbonyl (C=O) groups excluding carboxylic acids is 1. The van der Waals surface area contributed by atoms with Gasteiger partial charge in [0.25, 0.3) is 0 Å². The van der Waals surface area contributed by atoms with Gasteiger partial charge < -0.3 is 4.90 Å². The van der Waals surface area contributed by atoms with E-state index < -0.39 is 0 Å². The van der Waals surface area contributed by atoms with Crippen LogP contribution in [0.2, 0.25) is 0 Å². The molecule has 1 atom stereocenters. The van der Waals surface area contributed by atoms with E-state index in [1.165, 1.54) is 11.1 Å². The Morgan fingerprint density at radius 3 is 2.80 bits per heavy atom. The molecule has 1 saturated heterocycles. The van der Waals surface area contributed by atoms with Crippen molar-refractivity contribution in [3.05, 3.63) is 47.8 Å². The lowest BCUT2D eigenvalue weighted by Crippen LogP contribution is -2.43. The summed E-state index contributed by atoms with van der Waals surface area (Å²) < 4.78 is 1.83. The molecule has 0 aliphatic carbocycles. The SMILES string of the molecule is CC(C)CN1C(=O)[C@]2(CCN(Cc3cnn(C)c3)C2)c2ccccc21. The molecule has 1 aromatic carbocycles. The van der Waals surface area contributed by atoms with Crippen LogP contribution in [0.4, 0.5) is 5.69 Å². The molecule has 1 aromatic heterocycles. The number of aryl methyl sites for hydroxylation is 1. The molecule has 5 nitrogen and oxygen atoms in total. The highest BCUT2D eigenvalue weighted by atomic mass is 16.2. The third kappa shape index (κ3) is 2.67. The Morgan fingerprint density at radius 2 is 2.08 bits per heavy atom. The van der Waals surface area contributed by atoms with Crippen molar-refractivity contribution in [3.8, 4) is 0 Å². The molecule has 25 heavy (non-hydrogen) atoms. The van der Waals surface area contributed by atoms with Crippen LogP contribution in [0.5, 0.6) is 0 Å². The number of fused-ring (bicyclic) bond motifs is 2. The zero-order valence-electron chi connectivity index (χ0n) is 15.3. The Balaban J connectivity index is 1.62. The molecular formula is C20H26N4O. The minimum Gasteiger partial charge on any atom is -0.311 e. The quantitative estimate of drug-likeness (QED) is 0.860. The van der Waals surface area contributed by atoms with Gasteiger partial charge >= 0.3 is 0 Å². The minimum absolute atomic E-state index is 0.288. The van der Waals surface area contributed by atoms with Gasteiger partial charge in [-0.15, -0.1) is 0 Å². The number of hydrogen-bond donors (Lipinski definition) is 0. The number of amides is 1. The Morgan fingerprint density at radius 1 is 1.28 bits per heavy atom. The molecule has 2 aliphatic rings. The van der Waals surface area contributed by atoms with E-state index >= 15 is 0 Å². The van der Waals surface area contributed by atoms with Crippen LogP contribution in [-0.4, -0.2) is 40.2 Å². The third-order valence-corrected chi connectivity index (χ3v) is 5.43. The molecule has 5 heteroatoms. The summed E-state index contributed by atoms with van der Waals surface area (Å²) in [6.07, 6.45) is 4.87. The molecule has 1 amide bonds. The second-order valence-corrected chi connectivity index (χ2v) is 7.89. The summed E-state index contributed by atoms with van der Waals surface area (Å²) in [6.45, 7) is 7.74. The van der Waals surface area contributed by atoms with Gasteiger partial charge in [0.05, 0.1) is 11.6 Å². The number of hydrogen-bond acceptors (Lipinski definition) is 3. The number of aromatic nitrogens is 2. The molecule has 3 heterocycles. The molecule has 0 saturated carbocycles. The van der Waals surface area contributed by atoms with Gasteiger partial charge in [0.2, 0.25) is 5.91 Å². The molecule has 0 unspecified atom stereocenters. The van der Waals surface area contributed by atoms with Crippen molar-refractivity contribution >= 4 is 11.6 Å². The second kappa shape index (κ2) is 5.99. The lowest BCUT2D eigenvalue weighted by atomic mass is 9.81. The van der Waals surface area contributed by atoms with Crippen molar-refractivity contribution < 1.29 is 4.79 Å². The van der Waals surface area contributed by atoms with Crippen molar-refractivity contribution in [1.29, 1.82) is 0 Å². The van der Waals surface area contributed by atoms with E-state index in [1.807, 2.05) is 28.9 Å². The molecule has 132 valence electrons. The van der Waals surface area contributed by atoms with Crippen molar-refractivity contribution in [2.45, 2.75) is 32.2 Å². The van der Waals surface area contributed by atoms with E-state index in [1.54, 1.807) is 0 Å². The number of nitrogens with zero attached hydrogens (tertiary/aromatic N) is 4. The number of carbonyl (C=O) groups is 1. The molecule has 0 N–H and O–H groups in total. The van der Waals surface area contributed by atoms with Crippen LogP contribution in [0.15, 0.2) is 36.7 Å². The van der Waals surface area contributed by atoms with Crippen LogP contribution in [0.3, 0.4) is 0 Å². The molecule has 0 radical (unpaired) electrons. The number of rotatable bonds is 4. The van der Waals surface area contributed by atoms with Crippen molar-refractivity contribution in [2.75, 3.05) is 24.5 Å². The zero-order valence-corrected chi connectivity index (χ0v) is 15.3. The monoisotopic (exact) mass is 338 g/mol. The van der Waals surface area contributed by atoms with Crippen molar-refractivity contribution in [2.24, 2.45) is 13.0 Å². The van der Waals surface area contributed by atoms with E-state index in [2.05, 4.69) is 48.2 Å². The van der Waals surface area contributed by atoms with Gasteiger partial charge in [-0.1, -0.05) is 32.0 Å². The van der Waals surface area contributed by atoms with E-state index in [0.717, 1.165) is 38.3 Å². The van der Waals surface area contributed by atoms with Crippen LogP contribution in [0, 0.1) is 5.92 Å². The summed E-state index contributed by atoms with van der Waals surface area (Å²) in [4.78, 5) is 17.8. The van der Waals surface area contributed by atoms with E-state index in [-0.39, 0.29) is 11.3 Å². The predicted molar refractivity (Wildman–Crippen MR) is 98.4 cm³/mol. The molecule has 1 fully saturated rings. The lowest BCUT2D eigenvalue weighted by Gasteiger charge is -2.25. The largest absolute Gasteiger partial charge is 0.311 e. The maximum atomic E-state index is 13.4. The molecule has 1 spiro atoms. The van der Waals surface area contributed by atoms with Crippen LogP contribution in [-0.2, 0) is 23.8 Å². The highest BCUT2D eigenvalue weighted by Gasteiger charge is 2.54. The average Bonchev–Trinajstić information content (AvgIpc) is 3.24.